The number of carboxylic acids is 1. The van der Waals surface area contributed by atoms with Crippen molar-refractivity contribution in [2.75, 3.05) is 0 Å². The topological polar surface area (TPSA) is 83.4 Å². The number of amides is 1. The minimum atomic E-state index is -0.951. The quantitative estimate of drug-likeness (QED) is 0.903. The minimum Gasteiger partial charge on any atom is -0.480 e. The maximum atomic E-state index is 12.7. The molecule has 3 unspecified atom stereocenters. The molecule has 2 heterocycles. The van der Waals surface area contributed by atoms with E-state index < -0.39 is 12.0 Å². The molecule has 6 nitrogen and oxygen atoms in total. The monoisotopic (exact) mass is 309 g/mol. The van der Waals surface area contributed by atoms with E-state index in [9.17, 15) is 14.7 Å². The summed E-state index contributed by atoms with van der Waals surface area (Å²) in [5.74, 6) is -1.06. The molecule has 0 spiro atoms. The Morgan fingerprint density at radius 1 is 1.29 bits per heavy atom. The average molecular weight is 310 g/mol. The Morgan fingerprint density at radius 2 is 2.05 bits per heavy atom. The van der Waals surface area contributed by atoms with Crippen LogP contribution >= 0.6 is 11.6 Å². The molecule has 0 radical (unpaired) electrons. The first-order valence-electron chi connectivity index (χ1n) is 7.11. The molecule has 7 heteroatoms. The van der Waals surface area contributed by atoms with Gasteiger partial charge in [0.2, 0.25) is 0 Å². The molecular weight excluding hydrogens is 294 g/mol. The van der Waals surface area contributed by atoms with Crippen molar-refractivity contribution >= 4 is 23.5 Å². The highest BCUT2D eigenvalue weighted by Crippen LogP contribution is 2.40. The number of nitrogens with zero attached hydrogens (tertiary/aromatic N) is 3. The summed E-state index contributed by atoms with van der Waals surface area (Å²) >= 11 is 5.77. The molecule has 1 aliphatic carbocycles. The normalized spacial score (nSPS) is 28.2. The zero-order valence-corrected chi connectivity index (χ0v) is 12.2. The standard InChI is InChI=1S/C14H16ClN3O3/c15-12-7-16-6-9(17-12)13(19)18-10-4-2-1-3-8(10)5-11(18)14(20)21/h6-8,10-11H,1-5H2,(H,20,21). The highest BCUT2D eigenvalue weighted by Gasteiger charge is 2.48. The number of rotatable bonds is 2. The Balaban J connectivity index is 1.92. The van der Waals surface area contributed by atoms with Crippen LogP contribution in [0.25, 0.3) is 0 Å². The van der Waals surface area contributed by atoms with Gasteiger partial charge in [0.1, 0.15) is 16.9 Å². The summed E-state index contributed by atoms with van der Waals surface area (Å²) in [6.07, 6.45) is 7.18. The summed E-state index contributed by atoms with van der Waals surface area (Å²) in [6, 6.07) is -0.778. The molecule has 1 aliphatic heterocycles. The van der Waals surface area contributed by atoms with Crippen LogP contribution in [0.1, 0.15) is 42.6 Å². The van der Waals surface area contributed by atoms with Gasteiger partial charge in [-0.05, 0) is 25.2 Å². The highest BCUT2D eigenvalue weighted by atomic mass is 35.5. The number of fused-ring (bicyclic) bond motifs is 1. The maximum Gasteiger partial charge on any atom is 0.326 e. The molecule has 112 valence electrons. The van der Waals surface area contributed by atoms with Crippen LogP contribution in [0, 0.1) is 5.92 Å². The number of aliphatic carboxylic acids is 1. The zero-order valence-electron chi connectivity index (χ0n) is 11.4. The van der Waals surface area contributed by atoms with E-state index in [1.54, 1.807) is 0 Å². The Hall–Kier alpha value is -1.69. The molecule has 1 saturated carbocycles. The number of likely N-dealkylation sites (tertiary alicyclic amines) is 1. The average Bonchev–Trinajstić information content (AvgIpc) is 2.86. The number of carbonyl (C=O) groups excluding carboxylic acids is 1. The third-order valence-electron chi connectivity index (χ3n) is 4.43. The second-order valence-corrected chi connectivity index (χ2v) is 6.03. The van der Waals surface area contributed by atoms with Crippen molar-refractivity contribution in [2.45, 2.75) is 44.2 Å². The molecule has 21 heavy (non-hydrogen) atoms. The maximum absolute atomic E-state index is 12.7. The molecule has 0 bridgehead atoms. The zero-order chi connectivity index (χ0) is 15.0. The molecule has 1 saturated heterocycles. The van der Waals surface area contributed by atoms with E-state index in [-0.39, 0.29) is 28.7 Å². The van der Waals surface area contributed by atoms with Crippen molar-refractivity contribution in [1.82, 2.24) is 14.9 Å². The molecule has 3 rings (SSSR count). The Labute approximate surface area is 127 Å². The smallest absolute Gasteiger partial charge is 0.326 e. The largest absolute Gasteiger partial charge is 0.480 e. The second kappa shape index (κ2) is 5.60. The summed E-state index contributed by atoms with van der Waals surface area (Å²) in [7, 11) is 0. The molecule has 1 aromatic rings. The van der Waals surface area contributed by atoms with Crippen molar-refractivity contribution in [3.05, 3.63) is 23.2 Å². The van der Waals surface area contributed by atoms with Crippen molar-refractivity contribution in [2.24, 2.45) is 5.92 Å². The fourth-order valence-corrected chi connectivity index (χ4v) is 3.70. The van der Waals surface area contributed by atoms with Gasteiger partial charge in [-0.25, -0.2) is 9.78 Å². The van der Waals surface area contributed by atoms with E-state index in [0.29, 0.717) is 6.42 Å². The molecule has 0 aromatic carbocycles. The predicted octanol–water partition coefficient (Wildman–Crippen LogP) is 1.99. The van der Waals surface area contributed by atoms with E-state index in [4.69, 9.17) is 11.6 Å². The highest BCUT2D eigenvalue weighted by molar-refractivity contribution is 6.29. The Kier molecular flexibility index (Phi) is 3.80. The summed E-state index contributed by atoms with van der Waals surface area (Å²) in [4.78, 5) is 33.5. The SMILES string of the molecule is O=C(O)C1CC2CCCCC2N1C(=O)c1cncc(Cl)n1. The van der Waals surface area contributed by atoms with Crippen LogP contribution in [0.3, 0.4) is 0 Å². The van der Waals surface area contributed by atoms with Gasteiger partial charge in [0, 0.05) is 6.04 Å². The molecular formula is C14H16ClN3O3. The lowest BCUT2D eigenvalue weighted by Crippen LogP contribution is -2.46. The van der Waals surface area contributed by atoms with Gasteiger partial charge in [-0.3, -0.25) is 9.78 Å². The van der Waals surface area contributed by atoms with E-state index in [1.165, 1.54) is 17.3 Å². The lowest BCUT2D eigenvalue weighted by Gasteiger charge is -2.32. The molecule has 3 atom stereocenters. The van der Waals surface area contributed by atoms with Crippen LogP contribution in [-0.4, -0.2) is 43.9 Å². The summed E-state index contributed by atoms with van der Waals surface area (Å²) < 4.78 is 0. The summed E-state index contributed by atoms with van der Waals surface area (Å²) in [5, 5.41) is 9.56. The molecule has 1 amide bonds. The van der Waals surface area contributed by atoms with Gasteiger partial charge in [-0.15, -0.1) is 0 Å². The number of carboxylic acid groups (broad SMARTS) is 1. The Bertz CT molecular complexity index is 580. The van der Waals surface area contributed by atoms with Crippen LogP contribution < -0.4 is 0 Å². The first-order valence-corrected chi connectivity index (χ1v) is 7.48. The van der Waals surface area contributed by atoms with Crippen LogP contribution in [-0.2, 0) is 4.79 Å². The van der Waals surface area contributed by atoms with Crippen molar-refractivity contribution in [3.8, 4) is 0 Å². The number of hydrogen-bond donors (Lipinski definition) is 1. The lowest BCUT2D eigenvalue weighted by molar-refractivity contribution is -0.141. The second-order valence-electron chi connectivity index (χ2n) is 5.64. The number of halogens is 1. The van der Waals surface area contributed by atoms with Crippen molar-refractivity contribution in [3.63, 3.8) is 0 Å². The van der Waals surface area contributed by atoms with Gasteiger partial charge in [0.25, 0.3) is 5.91 Å². The minimum absolute atomic E-state index is 0.00636. The fourth-order valence-electron chi connectivity index (χ4n) is 3.55. The van der Waals surface area contributed by atoms with E-state index in [2.05, 4.69) is 9.97 Å². The van der Waals surface area contributed by atoms with E-state index >= 15 is 0 Å². The molecule has 2 fully saturated rings. The molecule has 1 N–H and O–H groups in total. The lowest BCUT2D eigenvalue weighted by atomic mass is 9.84. The molecule has 1 aromatic heterocycles. The third-order valence-corrected chi connectivity index (χ3v) is 4.61. The fraction of sp³-hybridized carbons (Fsp3) is 0.571. The van der Waals surface area contributed by atoms with E-state index in [1.807, 2.05) is 0 Å². The van der Waals surface area contributed by atoms with Gasteiger partial charge in [0.15, 0.2) is 0 Å². The first-order chi connectivity index (χ1) is 10.1. The third kappa shape index (κ3) is 2.60. The molecule has 2 aliphatic rings. The van der Waals surface area contributed by atoms with Crippen LogP contribution in [0.15, 0.2) is 12.4 Å². The summed E-state index contributed by atoms with van der Waals surface area (Å²) in [6.45, 7) is 0. The van der Waals surface area contributed by atoms with Gasteiger partial charge in [-0.2, -0.15) is 0 Å². The van der Waals surface area contributed by atoms with Gasteiger partial charge >= 0.3 is 5.97 Å². The summed E-state index contributed by atoms with van der Waals surface area (Å²) in [5.41, 5.74) is 0.111. The van der Waals surface area contributed by atoms with Gasteiger partial charge in [0.05, 0.1) is 12.4 Å². The van der Waals surface area contributed by atoms with Crippen LogP contribution in [0.4, 0.5) is 0 Å². The van der Waals surface area contributed by atoms with E-state index in [0.717, 1.165) is 25.7 Å². The van der Waals surface area contributed by atoms with Crippen LogP contribution in [0.5, 0.6) is 0 Å². The number of carbonyl (C=O) groups is 2. The number of aromatic nitrogens is 2. The first kappa shape index (κ1) is 14.3. The van der Waals surface area contributed by atoms with Crippen LogP contribution in [0.2, 0.25) is 5.15 Å². The number of hydrogen-bond acceptors (Lipinski definition) is 4. The van der Waals surface area contributed by atoms with Gasteiger partial charge in [-0.1, -0.05) is 24.4 Å². The Morgan fingerprint density at radius 3 is 2.76 bits per heavy atom. The van der Waals surface area contributed by atoms with Crippen molar-refractivity contribution < 1.29 is 14.7 Å². The van der Waals surface area contributed by atoms with Gasteiger partial charge < -0.3 is 10.0 Å². The van der Waals surface area contributed by atoms with Crippen molar-refractivity contribution in [1.29, 1.82) is 0 Å². The predicted molar refractivity (Wildman–Crippen MR) is 75.0 cm³/mol.